The Morgan fingerprint density at radius 3 is 2.36 bits per heavy atom. The van der Waals surface area contributed by atoms with Crippen molar-refractivity contribution in [1.29, 1.82) is 0 Å². The molecule has 0 radical (unpaired) electrons. The number of aliphatic imine (C=N–C) groups is 1. The van der Waals surface area contributed by atoms with E-state index >= 15 is 0 Å². The summed E-state index contributed by atoms with van der Waals surface area (Å²) in [5.74, 6) is 0.599. The van der Waals surface area contributed by atoms with Crippen LogP contribution in [0.2, 0.25) is 0 Å². The second-order valence-corrected chi connectivity index (χ2v) is 4.04. The van der Waals surface area contributed by atoms with Crippen molar-refractivity contribution < 1.29 is 0 Å². The molecule has 0 aliphatic carbocycles. The summed E-state index contributed by atoms with van der Waals surface area (Å²) in [7, 11) is 1.84. The summed E-state index contributed by atoms with van der Waals surface area (Å²) in [6.07, 6.45) is 0. The first-order valence-electron chi connectivity index (χ1n) is 5.10. The van der Waals surface area contributed by atoms with Gasteiger partial charge in [0.25, 0.3) is 0 Å². The van der Waals surface area contributed by atoms with Crippen LogP contribution in [0.4, 0.5) is 0 Å². The normalized spacial score (nSPS) is 12.3. The number of hydrogen-bond acceptors (Lipinski definition) is 1. The van der Waals surface area contributed by atoms with Gasteiger partial charge in [-0.25, -0.2) is 0 Å². The Labute approximate surface area is 86.9 Å². The zero-order valence-electron chi connectivity index (χ0n) is 9.76. The van der Waals surface area contributed by atoms with Crippen LogP contribution in [0.1, 0.15) is 43.4 Å². The van der Waals surface area contributed by atoms with Gasteiger partial charge in [0.1, 0.15) is 0 Å². The molecule has 0 saturated heterocycles. The van der Waals surface area contributed by atoms with Gasteiger partial charge in [0.2, 0.25) is 0 Å². The van der Waals surface area contributed by atoms with Crippen molar-refractivity contribution in [2.45, 2.75) is 33.6 Å². The smallest absolute Gasteiger partial charge is 0.0388 e. The molecular formula is C13H19N. The van der Waals surface area contributed by atoms with Gasteiger partial charge >= 0.3 is 0 Å². The molecule has 0 aliphatic heterocycles. The van der Waals surface area contributed by atoms with Crippen LogP contribution < -0.4 is 0 Å². The van der Waals surface area contributed by atoms with E-state index in [9.17, 15) is 0 Å². The van der Waals surface area contributed by atoms with E-state index in [4.69, 9.17) is 0 Å². The zero-order valence-corrected chi connectivity index (χ0v) is 9.76. The minimum Gasteiger partial charge on any atom is -0.293 e. The summed E-state index contributed by atoms with van der Waals surface area (Å²) in [6.45, 7) is 8.64. The summed E-state index contributed by atoms with van der Waals surface area (Å²) in [6, 6.07) is 6.63. The maximum atomic E-state index is 4.21. The quantitative estimate of drug-likeness (QED) is 0.631. The molecule has 0 N–H and O–H groups in total. The monoisotopic (exact) mass is 189 g/mol. The molecule has 0 unspecified atom stereocenters. The van der Waals surface area contributed by atoms with Gasteiger partial charge in [0, 0.05) is 12.8 Å². The number of aryl methyl sites for hydroxylation is 1. The van der Waals surface area contributed by atoms with E-state index in [-0.39, 0.29) is 0 Å². The molecule has 1 aromatic carbocycles. The van der Waals surface area contributed by atoms with E-state index in [1.807, 2.05) is 7.05 Å². The first-order chi connectivity index (χ1) is 6.56. The third-order valence-corrected chi connectivity index (χ3v) is 2.64. The standard InChI is InChI=1S/C13H19N/c1-9(2)12-6-7-13(10(3)8-12)11(4)14-5/h6-9H,1-5H3/b14-11-. The van der Waals surface area contributed by atoms with Crippen molar-refractivity contribution in [2.24, 2.45) is 4.99 Å². The Kier molecular flexibility index (Phi) is 3.45. The third kappa shape index (κ3) is 2.22. The largest absolute Gasteiger partial charge is 0.293 e. The Morgan fingerprint density at radius 2 is 1.93 bits per heavy atom. The molecule has 0 spiro atoms. The molecule has 0 aromatic heterocycles. The Hall–Kier alpha value is -1.11. The van der Waals surface area contributed by atoms with Gasteiger partial charge in [-0.15, -0.1) is 0 Å². The lowest BCUT2D eigenvalue weighted by Gasteiger charge is -2.10. The first-order valence-corrected chi connectivity index (χ1v) is 5.10. The highest BCUT2D eigenvalue weighted by molar-refractivity contribution is 5.99. The second kappa shape index (κ2) is 4.41. The van der Waals surface area contributed by atoms with Crippen molar-refractivity contribution >= 4 is 5.71 Å². The van der Waals surface area contributed by atoms with Gasteiger partial charge in [-0.1, -0.05) is 32.0 Å². The Balaban J connectivity index is 3.14. The van der Waals surface area contributed by atoms with Crippen LogP contribution in [0.15, 0.2) is 23.2 Å². The maximum absolute atomic E-state index is 4.21. The lowest BCUT2D eigenvalue weighted by Crippen LogP contribution is -1.99. The molecule has 1 aromatic rings. The number of benzene rings is 1. The van der Waals surface area contributed by atoms with Crippen LogP contribution in [0, 0.1) is 6.92 Å². The first kappa shape index (κ1) is 11.0. The fraction of sp³-hybridized carbons (Fsp3) is 0.462. The molecule has 14 heavy (non-hydrogen) atoms. The molecule has 1 nitrogen and oxygen atoms in total. The molecule has 0 bridgehead atoms. The topological polar surface area (TPSA) is 12.4 Å². The molecule has 1 heteroatoms. The molecule has 1 rings (SSSR count). The van der Waals surface area contributed by atoms with Crippen LogP contribution in [0.3, 0.4) is 0 Å². The molecule has 0 atom stereocenters. The van der Waals surface area contributed by atoms with Crippen molar-refractivity contribution in [1.82, 2.24) is 0 Å². The van der Waals surface area contributed by atoms with E-state index < -0.39 is 0 Å². The predicted octanol–water partition coefficient (Wildman–Crippen LogP) is 3.56. The molecule has 0 fully saturated rings. The molecule has 0 aliphatic rings. The number of hydrogen-bond donors (Lipinski definition) is 0. The minimum absolute atomic E-state index is 0.599. The van der Waals surface area contributed by atoms with Crippen LogP contribution in [0.25, 0.3) is 0 Å². The van der Waals surface area contributed by atoms with Gasteiger partial charge < -0.3 is 0 Å². The van der Waals surface area contributed by atoms with Crippen molar-refractivity contribution in [2.75, 3.05) is 7.05 Å². The average molecular weight is 189 g/mol. The predicted molar refractivity (Wildman–Crippen MR) is 63.4 cm³/mol. The summed E-state index contributed by atoms with van der Waals surface area (Å²) < 4.78 is 0. The van der Waals surface area contributed by atoms with Gasteiger partial charge in [-0.05, 0) is 36.5 Å². The maximum Gasteiger partial charge on any atom is 0.0388 e. The summed E-state index contributed by atoms with van der Waals surface area (Å²) in [4.78, 5) is 4.21. The SMILES string of the molecule is C/N=C(/C)c1ccc(C(C)C)cc1C. The molecule has 76 valence electrons. The van der Waals surface area contributed by atoms with E-state index in [0.29, 0.717) is 5.92 Å². The summed E-state index contributed by atoms with van der Waals surface area (Å²) in [5.41, 5.74) is 5.09. The van der Waals surface area contributed by atoms with Crippen LogP contribution in [-0.2, 0) is 0 Å². The third-order valence-electron chi connectivity index (χ3n) is 2.64. The van der Waals surface area contributed by atoms with Gasteiger partial charge in [-0.2, -0.15) is 0 Å². The molecule has 0 saturated carbocycles. The van der Waals surface area contributed by atoms with Gasteiger partial charge in [0.15, 0.2) is 0 Å². The second-order valence-electron chi connectivity index (χ2n) is 4.04. The fourth-order valence-corrected chi connectivity index (χ4v) is 1.57. The highest BCUT2D eigenvalue weighted by Gasteiger charge is 2.04. The average Bonchev–Trinajstić information content (AvgIpc) is 2.16. The van der Waals surface area contributed by atoms with Crippen LogP contribution in [0.5, 0.6) is 0 Å². The zero-order chi connectivity index (χ0) is 10.7. The van der Waals surface area contributed by atoms with Gasteiger partial charge in [0.05, 0.1) is 0 Å². The van der Waals surface area contributed by atoms with Crippen LogP contribution >= 0.6 is 0 Å². The lowest BCUT2D eigenvalue weighted by molar-refractivity contribution is 0.864. The fourth-order valence-electron chi connectivity index (χ4n) is 1.57. The van der Waals surface area contributed by atoms with E-state index in [1.54, 1.807) is 0 Å². The molecular weight excluding hydrogens is 170 g/mol. The minimum atomic E-state index is 0.599. The van der Waals surface area contributed by atoms with Crippen molar-refractivity contribution in [3.63, 3.8) is 0 Å². The Morgan fingerprint density at radius 1 is 1.29 bits per heavy atom. The van der Waals surface area contributed by atoms with E-state index in [0.717, 1.165) is 5.71 Å². The molecule has 0 heterocycles. The summed E-state index contributed by atoms with van der Waals surface area (Å²) in [5, 5.41) is 0. The van der Waals surface area contributed by atoms with Crippen LogP contribution in [-0.4, -0.2) is 12.8 Å². The van der Waals surface area contributed by atoms with Gasteiger partial charge in [-0.3, -0.25) is 4.99 Å². The highest BCUT2D eigenvalue weighted by atomic mass is 14.7. The summed E-state index contributed by atoms with van der Waals surface area (Å²) >= 11 is 0. The molecule has 0 amide bonds. The van der Waals surface area contributed by atoms with Crippen molar-refractivity contribution in [3.05, 3.63) is 34.9 Å². The van der Waals surface area contributed by atoms with E-state index in [2.05, 4.69) is 50.9 Å². The van der Waals surface area contributed by atoms with E-state index in [1.165, 1.54) is 16.7 Å². The highest BCUT2D eigenvalue weighted by Crippen LogP contribution is 2.18. The van der Waals surface area contributed by atoms with Crippen molar-refractivity contribution in [3.8, 4) is 0 Å². The lowest BCUT2D eigenvalue weighted by atomic mass is 9.96. The number of rotatable bonds is 2. The number of nitrogens with zero attached hydrogens (tertiary/aromatic N) is 1. The Bertz CT molecular complexity index is 348.